The van der Waals surface area contributed by atoms with E-state index in [2.05, 4.69) is 6.07 Å². The van der Waals surface area contributed by atoms with Crippen LogP contribution in [0.4, 0.5) is 0 Å². The van der Waals surface area contributed by atoms with Gasteiger partial charge in [-0.15, -0.1) is 0 Å². The predicted molar refractivity (Wildman–Crippen MR) is 79.4 cm³/mol. The summed E-state index contributed by atoms with van der Waals surface area (Å²) in [7, 11) is 0. The van der Waals surface area contributed by atoms with Crippen molar-refractivity contribution in [2.75, 3.05) is 0 Å². The van der Waals surface area contributed by atoms with E-state index in [9.17, 15) is 5.11 Å². The van der Waals surface area contributed by atoms with Gasteiger partial charge < -0.3 is 9.84 Å². The first-order chi connectivity index (χ1) is 9.49. The minimum absolute atomic E-state index is 0.302. The predicted octanol–water partition coefficient (Wildman–Crippen LogP) is 4.04. The summed E-state index contributed by atoms with van der Waals surface area (Å²) in [5, 5.41) is 10.7. The van der Waals surface area contributed by atoms with Crippen molar-refractivity contribution in [1.82, 2.24) is 0 Å². The third kappa shape index (κ3) is 2.15. The average Bonchev–Trinajstić information content (AvgIpc) is 2.72. The zero-order chi connectivity index (χ0) is 14.3. The molecule has 1 heterocycles. The van der Waals surface area contributed by atoms with E-state index >= 15 is 0 Å². The number of aliphatic hydroxyl groups is 1. The molecule has 1 aliphatic heterocycles. The summed E-state index contributed by atoms with van der Waals surface area (Å²) in [6.45, 7) is 6.14. The maximum absolute atomic E-state index is 10.7. The van der Waals surface area contributed by atoms with Crippen LogP contribution in [0.1, 0.15) is 48.3 Å². The fourth-order valence-electron chi connectivity index (χ4n) is 2.91. The van der Waals surface area contributed by atoms with Gasteiger partial charge in [0.2, 0.25) is 0 Å². The molecule has 2 heteroatoms. The van der Waals surface area contributed by atoms with E-state index in [0.717, 1.165) is 16.7 Å². The summed E-state index contributed by atoms with van der Waals surface area (Å²) in [6, 6.07) is 16.1. The molecule has 2 aromatic carbocycles. The first kappa shape index (κ1) is 13.3. The molecule has 0 amide bonds. The van der Waals surface area contributed by atoms with Crippen molar-refractivity contribution in [2.45, 2.75) is 38.6 Å². The fraction of sp³-hybridized carbons (Fsp3) is 0.333. The highest BCUT2D eigenvalue weighted by Crippen LogP contribution is 2.47. The standard InChI is InChI=1S/C18H20O2/c1-12-8-10-13(11-9-12)16(19)17-14-6-4-5-7-15(14)18(2,3)20-17/h4-11,16-17,19H,1-3H3/t16-,17+/m1/s1. The number of hydrogen-bond acceptors (Lipinski definition) is 2. The zero-order valence-corrected chi connectivity index (χ0v) is 12.1. The number of fused-ring (bicyclic) bond motifs is 1. The van der Waals surface area contributed by atoms with Gasteiger partial charge in [-0.3, -0.25) is 0 Å². The lowest BCUT2D eigenvalue weighted by Gasteiger charge is -2.24. The number of hydrogen-bond donors (Lipinski definition) is 1. The second-order valence-electron chi connectivity index (χ2n) is 5.99. The Hall–Kier alpha value is -1.64. The third-order valence-electron chi connectivity index (χ3n) is 4.04. The molecule has 0 radical (unpaired) electrons. The van der Waals surface area contributed by atoms with Gasteiger partial charge in [0.05, 0.1) is 5.60 Å². The van der Waals surface area contributed by atoms with Gasteiger partial charge in [0.15, 0.2) is 0 Å². The molecular weight excluding hydrogens is 248 g/mol. The molecule has 0 aromatic heterocycles. The first-order valence-electron chi connectivity index (χ1n) is 7.01. The lowest BCUT2D eigenvalue weighted by molar-refractivity contribution is -0.105. The molecule has 0 saturated carbocycles. The van der Waals surface area contributed by atoms with Gasteiger partial charge in [0, 0.05) is 0 Å². The monoisotopic (exact) mass is 268 g/mol. The van der Waals surface area contributed by atoms with Crippen molar-refractivity contribution >= 4 is 0 Å². The van der Waals surface area contributed by atoms with Crippen molar-refractivity contribution in [3.8, 4) is 0 Å². The van der Waals surface area contributed by atoms with E-state index in [1.165, 1.54) is 5.56 Å². The molecule has 0 bridgehead atoms. The smallest absolute Gasteiger partial charge is 0.114 e. The molecule has 104 valence electrons. The van der Waals surface area contributed by atoms with Gasteiger partial charge in [-0.05, 0) is 37.5 Å². The van der Waals surface area contributed by atoms with Crippen LogP contribution in [0.5, 0.6) is 0 Å². The maximum atomic E-state index is 10.7. The Morgan fingerprint density at radius 1 is 1.05 bits per heavy atom. The summed E-state index contributed by atoms with van der Waals surface area (Å²) in [5.74, 6) is 0. The highest BCUT2D eigenvalue weighted by molar-refractivity contribution is 5.39. The Kier molecular flexibility index (Phi) is 3.15. The second kappa shape index (κ2) is 4.72. The molecular formula is C18H20O2. The average molecular weight is 268 g/mol. The first-order valence-corrected chi connectivity index (χ1v) is 7.01. The molecule has 0 saturated heterocycles. The largest absolute Gasteiger partial charge is 0.385 e. The summed E-state index contributed by atoms with van der Waals surface area (Å²) < 4.78 is 6.12. The molecule has 0 aliphatic carbocycles. The van der Waals surface area contributed by atoms with Crippen LogP contribution in [0.2, 0.25) is 0 Å². The Morgan fingerprint density at radius 3 is 2.40 bits per heavy atom. The SMILES string of the molecule is Cc1ccc([C@@H](O)[C@H]2OC(C)(C)c3ccccc32)cc1. The third-order valence-corrected chi connectivity index (χ3v) is 4.04. The Morgan fingerprint density at radius 2 is 1.70 bits per heavy atom. The molecule has 3 rings (SSSR count). The van der Waals surface area contributed by atoms with E-state index in [1.807, 2.05) is 63.2 Å². The second-order valence-corrected chi connectivity index (χ2v) is 5.99. The minimum atomic E-state index is -0.640. The number of aryl methyl sites for hydroxylation is 1. The van der Waals surface area contributed by atoms with Crippen LogP contribution in [0.15, 0.2) is 48.5 Å². The highest BCUT2D eigenvalue weighted by atomic mass is 16.5. The number of ether oxygens (including phenoxy) is 1. The molecule has 0 fully saturated rings. The van der Waals surface area contributed by atoms with Gasteiger partial charge in [-0.1, -0.05) is 54.1 Å². The Bertz CT molecular complexity index is 614. The van der Waals surface area contributed by atoms with Crippen molar-refractivity contribution in [1.29, 1.82) is 0 Å². The van der Waals surface area contributed by atoms with E-state index in [0.29, 0.717) is 0 Å². The quantitative estimate of drug-likeness (QED) is 0.891. The molecule has 2 atom stereocenters. The van der Waals surface area contributed by atoms with Gasteiger partial charge in [-0.2, -0.15) is 0 Å². The van der Waals surface area contributed by atoms with Gasteiger partial charge >= 0.3 is 0 Å². The van der Waals surface area contributed by atoms with E-state index < -0.39 is 6.10 Å². The molecule has 1 aliphatic rings. The zero-order valence-electron chi connectivity index (χ0n) is 12.1. The number of aliphatic hydroxyl groups excluding tert-OH is 1. The van der Waals surface area contributed by atoms with Crippen molar-refractivity contribution in [3.63, 3.8) is 0 Å². The van der Waals surface area contributed by atoms with Gasteiger partial charge in [0.25, 0.3) is 0 Å². The number of benzene rings is 2. The Labute approximate surface area is 120 Å². The molecule has 20 heavy (non-hydrogen) atoms. The van der Waals surface area contributed by atoms with Crippen LogP contribution < -0.4 is 0 Å². The minimum Gasteiger partial charge on any atom is -0.385 e. The van der Waals surface area contributed by atoms with E-state index in [4.69, 9.17) is 4.74 Å². The summed E-state index contributed by atoms with van der Waals surface area (Å²) in [6.07, 6.45) is -0.942. The summed E-state index contributed by atoms with van der Waals surface area (Å²) >= 11 is 0. The van der Waals surface area contributed by atoms with E-state index in [-0.39, 0.29) is 11.7 Å². The fourth-order valence-corrected chi connectivity index (χ4v) is 2.91. The normalized spacial score (nSPS) is 21.5. The summed E-state index contributed by atoms with van der Waals surface area (Å²) in [5.41, 5.74) is 3.98. The van der Waals surface area contributed by atoms with E-state index in [1.54, 1.807) is 0 Å². The molecule has 1 N–H and O–H groups in total. The lowest BCUT2D eigenvalue weighted by atomic mass is 9.92. The maximum Gasteiger partial charge on any atom is 0.114 e. The van der Waals surface area contributed by atoms with Crippen LogP contribution in [0, 0.1) is 6.92 Å². The van der Waals surface area contributed by atoms with Gasteiger partial charge in [0.1, 0.15) is 12.2 Å². The van der Waals surface area contributed by atoms with Gasteiger partial charge in [-0.25, -0.2) is 0 Å². The van der Waals surface area contributed by atoms with Crippen molar-refractivity contribution in [2.24, 2.45) is 0 Å². The molecule has 0 unspecified atom stereocenters. The van der Waals surface area contributed by atoms with Crippen LogP contribution in [-0.4, -0.2) is 5.11 Å². The van der Waals surface area contributed by atoms with Crippen molar-refractivity contribution < 1.29 is 9.84 Å². The number of rotatable bonds is 2. The Balaban J connectivity index is 1.98. The highest BCUT2D eigenvalue weighted by Gasteiger charge is 2.41. The summed E-state index contributed by atoms with van der Waals surface area (Å²) in [4.78, 5) is 0. The van der Waals surface area contributed by atoms with Crippen LogP contribution in [0.3, 0.4) is 0 Å². The molecule has 2 aromatic rings. The molecule has 0 spiro atoms. The topological polar surface area (TPSA) is 29.5 Å². The lowest BCUT2D eigenvalue weighted by Crippen LogP contribution is -2.18. The van der Waals surface area contributed by atoms with Crippen LogP contribution in [0.25, 0.3) is 0 Å². The van der Waals surface area contributed by atoms with Crippen molar-refractivity contribution in [3.05, 3.63) is 70.8 Å². The van der Waals surface area contributed by atoms with Crippen LogP contribution >= 0.6 is 0 Å². The van der Waals surface area contributed by atoms with Crippen LogP contribution in [-0.2, 0) is 10.3 Å². The molecule has 2 nitrogen and oxygen atoms in total.